The summed E-state index contributed by atoms with van der Waals surface area (Å²) in [5, 5.41) is 1.09. The molecule has 1 aromatic heterocycles. The molecular formula is C13H12Cl2N2O. The van der Waals surface area contributed by atoms with E-state index in [1.165, 1.54) is 0 Å². The Morgan fingerprint density at radius 3 is 2.39 bits per heavy atom. The van der Waals surface area contributed by atoms with Gasteiger partial charge < -0.3 is 10.5 Å². The number of nitrogens with zero attached hydrogens (tertiary/aromatic N) is 1. The Labute approximate surface area is 115 Å². The molecule has 0 atom stereocenters. The fourth-order valence-corrected chi connectivity index (χ4v) is 1.94. The molecule has 0 saturated carbocycles. The van der Waals surface area contributed by atoms with Gasteiger partial charge in [0.25, 0.3) is 0 Å². The number of aromatic nitrogens is 1. The molecule has 0 radical (unpaired) electrons. The van der Waals surface area contributed by atoms with Crippen LogP contribution in [0, 0.1) is 0 Å². The Bertz CT molecular complexity index is 509. The van der Waals surface area contributed by atoms with Gasteiger partial charge in [0.15, 0.2) is 0 Å². The molecule has 0 saturated heterocycles. The lowest BCUT2D eigenvalue weighted by molar-refractivity contribution is 0.301. The highest BCUT2D eigenvalue weighted by molar-refractivity contribution is 6.34. The average Bonchev–Trinajstić information content (AvgIpc) is 2.36. The Morgan fingerprint density at radius 2 is 1.83 bits per heavy atom. The highest BCUT2D eigenvalue weighted by Crippen LogP contribution is 2.24. The van der Waals surface area contributed by atoms with Crippen molar-refractivity contribution in [1.29, 1.82) is 0 Å². The van der Waals surface area contributed by atoms with Gasteiger partial charge in [-0.25, -0.2) is 0 Å². The van der Waals surface area contributed by atoms with Gasteiger partial charge in [-0.15, -0.1) is 0 Å². The fraction of sp³-hybridized carbons (Fsp3) is 0.154. The minimum atomic E-state index is 0.363. The van der Waals surface area contributed by atoms with E-state index in [2.05, 4.69) is 4.98 Å². The largest absolute Gasteiger partial charge is 0.487 e. The lowest BCUT2D eigenvalue weighted by Crippen LogP contribution is -2.01. The maximum absolute atomic E-state index is 5.88. The summed E-state index contributed by atoms with van der Waals surface area (Å²) >= 11 is 11.8. The van der Waals surface area contributed by atoms with Crippen molar-refractivity contribution in [1.82, 2.24) is 4.98 Å². The third-order valence-electron chi connectivity index (χ3n) is 2.34. The molecule has 0 amide bonds. The number of rotatable bonds is 4. The zero-order valence-corrected chi connectivity index (χ0v) is 11.1. The second-order valence-electron chi connectivity index (χ2n) is 3.76. The first kappa shape index (κ1) is 13.1. The van der Waals surface area contributed by atoms with Gasteiger partial charge in [-0.1, -0.05) is 29.3 Å². The molecule has 0 aliphatic heterocycles. The first-order valence-electron chi connectivity index (χ1n) is 5.40. The summed E-state index contributed by atoms with van der Waals surface area (Å²) in [5.41, 5.74) is 7.31. The van der Waals surface area contributed by atoms with Crippen molar-refractivity contribution in [3.8, 4) is 5.75 Å². The molecule has 3 nitrogen and oxygen atoms in total. The number of benzene rings is 1. The maximum Gasteiger partial charge on any atom is 0.130 e. The van der Waals surface area contributed by atoms with Crippen molar-refractivity contribution in [2.45, 2.75) is 13.2 Å². The Kier molecular flexibility index (Phi) is 4.42. The van der Waals surface area contributed by atoms with E-state index in [9.17, 15) is 0 Å². The quantitative estimate of drug-likeness (QED) is 0.935. The summed E-state index contributed by atoms with van der Waals surface area (Å²) in [4.78, 5) is 4.24. The Balaban J connectivity index is 2.01. The lowest BCUT2D eigenvalue weighted by Gasteiger charge is -2.07. The summed E-state index contributed by atoms with van der Waals surface area (Å²) in [6.07, 6.45) is 1.74. The zero-order valence-electron chi connectivity index (χ0n) is 9.57. The van der Waals surface area contributed by atoms with Crippen LogP contribution in [-0.2, 0) is 13.2 Å². The van der Waals surface area contributed by atoms with E-state index in [0.717, 1.165) is 11.3 Å². The molecule has 2 rings (SSSR count). The molecule has 1 aromatic carbocycles. The Hall–Kier alpha value is -1.29. The molecular weight excluding hydrogens is 271 g/mol. The highest BCUT2D eigenvalue weighted by atomic mass is 35.5. The van der Waals surface area contributed by atoms with Crippen molar-refractivity contribution < 1.29 is 4.74 Å². The number of ether oxygens (including phenoxy) is 1. The molecule has 18 heavy (non-hydrogen) atoms. The molecule has 0 bridgehead atoms. The van der Waals surface area contributed by atoms with Crippen molar-refractivity contribution in [2.24, 2.45) is 5.73 Å². The summed E-state index contributed by atoms with van der Waals surface area (Å²) in [6.45, 7) is 0.847. The standard InChI is InChI=1S/C13H12Cl2N2O/c14-10-3-11(15)5-13(4-10)18-8-12-2-1-9(6-16)7-17-12/h1-5,7H,6,8,16H2. The molecule has 0 unspecified atom stereocenters. The molecule has 0 spiro atoms. The van der Waals surface area contributed by atoms with Gasteiger partial charge in [0.05, 0.1) is 5.69 Å². The van der Waals surface area contributed by atoms with Crippen LogP contribution in [0.5, 0.6) is 5.75 Å². The van der Waals surface area contributed by atoms with E-state index < -0.39 is 0 Å². The SMILES string of the molecule is NCc1ccc(COc2cc(Cl)cc(Cl)c2)nc1. The van der Waals surface area contributed by atoms with Gasteiger partial charge in [0.1, 0.15) is 12.4 Å². The molecule has 2 N–H and O–H groups in total. The van der Waals surface area contributed by atoms with Crippen LogP contribution in [0.15, 0.2) is 36.5 Å². The smallest absolute Gasteiger partial charge is 0.130 e. The molecule has 0 aliphatic rings. The number of pyridine rings is 1. The van der Waals surface area contributed by atoms with Gasteiger partial charge in [-0.3, -0.25) is 4.98 Å². The summed E-state index contributed by atoms with van der Waals surface area (Å²) in [7, 11) is 0. The normalized spacial score (nSPS) is 10.4. The summed E-state index contributed by atoms with van der Waals surface area (Å²) < 4.78 is 5.56. The average molecular weight is 283 g/mol. The van der Waals surface area contributed by atoms with Gasteiger partial charge in [0, 0.05) is 22.8 Å². The number of hydrogen-bond donors (Lipinski definition) is 1. The molecule has 5 heteroatoms. The van der Waals surface area contributed by atoms with Crippen LogP contribution in [0.25, 0.3) is 0 Å². The van der Waals surface area contributed by atoms with E-state index in [1.54, 1.807) is 24.4 Å². The van der Waals surface area contributed by atoms with Gasteiger partial charge >= 0.3 is 0 Å². The molecule has 2 aromatic rings. The predicted molar refractivity (Wildman–Crippen MR) is 72.9 cm³/mol. The highest BCUT2D eigenvalue weighted by Gasteiger charge is 2.01. The van der Waals surface area contributed by atoms with Crippen LogP contribution in [0.3, 0.4) is 0 Å². The van der Waals surface area contributed by atoms with E-state index in [0.29, 0.717) is 28.9 Å². The van der Waals surface area contributed by atoms with E-state index >= 15 is 0 Å². The van der Waals surface area contributed by atoms with Crippen LogP contribution in [0.1, 0.15) is 11.3 Å². The van der Waals surface area contributed by atoms with E-state index in [4.69, 9.17) is 33.7 Å². The van der Waals surface area contributed by atoms with Crippen LogP contribution in [0.2, 0.25) is 10.0 Å². The van der Waals surface area contributed by atoms with Gasteiger partial charge in [0.2, 0.25) is 0 Å². The van der Waals surface area contributed by atoms with Crippen LogP contribution in [0.4, 0.5) is 0 Å². The first-order chi connectivity index (χ1) is 8.67. The van der Waals surface area contributed by atoms with Crippen LogP contribution < -0.4 is 10.5 Å². The summed E-state index contributed by atoms with van der Waals surface area (Å²) in [5.74, 6) is 0.622. The monoisotopic (exact) mass is 282 g/mol. The van der Waals surface area contributed by atoms with E-state index in [-0.39, 0.29) is 0 Å². The first-order valence-corrected chi connectivity index (χ1v) is 6.16. The molecule has 1 heterocycles. The molecule has 0 aliphatic carbocycles. The second-order valence-corrected chi connectivity index (χ2v) is 4.63. The van der Waals surface area contributed by atoms with Crippen LogP contribution in [-0.4, -0.2) is 4.98 Å². The van der Waals surface area contributed by atoms with Crippen molar-refractivity contribution in [3.63, 3.8) is 0 Å². The summed E-state index contributed by atoms with van der Waals surface area (Å²) in [6, 6.07) is 8.89. The zero-order chi connectivity index (χ0) is 13.0. The van der Waals surface area contributed by atoms with Crippen molar-refractivity contribution >= 4 is 23.2 Å². The molecule has 94 valence electrons. The number of halogens is 2. The lowest BCUT2D eigenvalue weighted by atomic mass is 10.2. The third-order valence-corrected chi connectivity index (χ3v) is 2.78. The van der Waals surface area contributed by atoms with Gasteiger partial charge in [-0.05, 0) is 29.8 Å². The fourth-order valence-electron chi connectivity index (χ4n) is 1.43. The van der Waals surface area contributed by atoms with Crippen molar-refractivity contribution in [2.75, 3.05) is 0 Å². The number of nitrogens with two attached hydrogens (primary N) is 1. The minimum Gasteiger partial charge on any atom is -0.487 e. The number of hydrogen-bond acceptors (Lipinski definition) is 3. The topological polar surface area (TPSA) is 48.1 Å². The van der Waals surface area contributed by atoms with E-state index in [1.807, 2.05) is 12.1 Å². The van der Waals surface area contributed by atoms with Crippen LogP contribution >= 0.6 is 23.2 Å². The third kappa shape index (κ3) is 3.60. The second kappa shape index (κ2) is 6.05. The maximum atomic E-state index is 5.88. The molecule has 0 fully saturated rings. The Morgan fingerprint density at radius 1 is 1.11 bits per heavy atom. The van der Waals surface area contributed by atoms with Crippen molar-refractivity contribution in [3.05, 3.63) is 57.8 Å². The minimum absolute atomic E-state index is 0.363. The predicted octanol–water partition coefficient (Wildman–Crippen LogP) is 3.43. The van der Waals surface area contributed by atoms with Gasteiger partial charge in [-0.2, -0.15) is 0 Å².